The third kappa shape index (κ3) is 2.80. The maximum absolute atomic E-state index is 10.9. The molecular weight excluding hydrogens is 228 g/mol. The standard InChI is InChI=1S/C14H18N2O2/c1-4-10(3)16(5-2)13-7-6-11(14(17)18)8-12(13)9-15/h6-8,10H,4-5H2,1-3H3,(H,17,18). The number of carboxylic acid groups (broad SMARTS) is 1. The molecule has 18 heavy (non-hydrogen) atoms. The van der Waals surface area contributed by atoms with E-state index in [-0.39, 0.29) is 5.56 Å². The minimum absolute atomic E-state index is 0.149. The zero-order valence-electron chi connectivity index (χ0n) is 11.0. The van der Waals surface area contributed by atoms with E-state index < -0.39 is 5.97 Å². The van der Waals surface area contributed by atoms with Crippen LogP contribution in [-0.2, 0) is 0 Å². The van der Waals surface area contributed by atoms with Crippen LogP contribution in [-0.4, -0.2) is 23.7 Å². The maximum Gasteiger partial charge on any atom is 0.335 e. The van der Waals surface area contributed by atoms with E-state index in [4.69, 9.17) is 10.4 Å². The molecule has 0 spiro atoms. The highest BCUT2D eigenvalue weighted by Gasteiger charge is 2.16. The summed E-state index contributed by atoms with van der Waals surface area (Å²) >= 11 is 0. The number of anilines is 1. The van der Waals surface area contributed by atoms with Gasteiger partial charge in [0.05, 0.1) is 16.8 Å². The molecule has 1 atom stereocenters. The van der Waals surface area contributed by atoms with Crippen LogP contribution in [0.4, 0.5) is 5.69 Å². The lowest BCUT2D eigenvalue weighted by Crippen LogP contribution is -2.32. The predicted octanol–water partition coefficient (Wildman–Crippen LogP) is 2.88. The maximum atomic E-state index is 10.9. The molecule has 1 N–H and O–H groups in total. The Kier molecular flexibility index (Phi) is 4.73. The Hall–Kier alpha value is -2.02. The largest absolute Gasteiger partial charge is 0.478 e. The minimum Gasteiger partial charge on any atom is -0.478 e. The van der Waals surface area contributed by atoms with E-state index in [1.165, 1.54) is 6.07 Å². The zero-order valence-corrected chi connectivity index (χ0v) is 11.0. The normalized spacial score (nSPS) is 11.7. The summed E-state index contributed by atoms with van der Waals surface area (Å²) in [6.07, 6.45) is 0.972. The Morgan fingerprint density at radius 2 is 2.17 bits per heavy atom. The summed E-state index contributed by atoms with van der Waals surface area (Å²) < 4.78 is 0. The van der Waals surface area contributed by atoms with Crippen LogP contribution in [0.15, 0.2) is 18.2 Å². The lowest BCUT2D eigenvalue weighted by atomic mass is 10.1. The van der Waals surface area contributed by atoms with Crippen molar-refractivity contribution in [1.82, 2.24) is 0 Å². The van der Waals surface area contributed by atoms with Gasteiger partial charge in [0.25, 0.3) is 0 Å². The summed E-state index contributed by atoms with van der Waals surface area (Å²) in [5, 5.41) is 18.1. The quantitative estimate of drug-likeness (QED) is 0.867. The topological polar surface area (TPSA) is 64.3 Å². The molecule has 0 amide bonds. The molecule has 0 bridgehead atoms. The van der Waals surface area contributed by atoms with Crippen molar-refractivity contribution in [2.45, 2.75) is 33.2 Å². The molecular formula is C14H18N2O2. The van der Waals surface area contributed by atoms with Crippen LogP contribution in [0, 0.1) is 11.3 Å². The number of carbonyl (C=O) groups is 1. The highest BCUT2D eigenvalue weighted by Crippen LogP contribution is 2.24. The molecule has 0 aliphatic heterocycles. The lowest BCUT2D eigenvalue weighted by Gasteiger charge is -2.30. The number of carboxylic acids is 1. The van der Waals surface area contributed by atoms with Crippen LogP contribution >= 0.6 is 0 Å². The molecule has 1 aromatic carbocycles. The van der Waals surface area contributed by atoms with E-state index in [1.807, 2.05) is 6.92 Å². The van der Waals surface area contributed by atoms with Crippen molar-refractivity contribution in [3.8, 4) is 6.07 Å². The van der Waals surface area contributed by atoms with E-state index in [9.17, 15) is 4.79 Å². The number of hydrogen-bond acceptors (Lipinski definition) is 3. The first kappa shape index (κ1) is 14.0. The summed E-state index contributed by atoms with van der Waals surface area (Å²) in [4.78, 5) is 13.0. The number of hydrogen-bond donors (Lipinski definition) is 1. The highest BCUT2D eigenvalue weighted by molar-refractivity contribution is 5.89. The number of nitriles is 1. The molecule has 4 heteroatoms. The molecule has 0 radical (unpaired) electrons. The molecule has 1 aromatic rings. The summed E-state index contributed by atoms with van der Waals surface area (Å²) in [6.45, 7) is 7.00. The zero-order chi connectivity index (χ0) is 13.7. The van der Waals surface area contributed by atoms with Crippen molar-refractivity contribution >= 4 is 11.7 Å². The van der Waals surface area contributed by atoms with Crippen LogP contribution in [0.5, 0.6) is 0 Å². The SMILES string of the molecule is CCC(C)N(CC)c1ccc(C(=O)O)cc1C#N. The Morgan fingerprint density at radius 1 is 1.50 bits per heavy atom. The van der Waals surface area contributed by atoms with Gasteiger partial charge in [-0.2, -0.15) is 5.26 Å². The van der Waals surface area contributed by atoms with Gasteiger partial charge in [0.2, 0.25) is 0 Å². The number of nitrogens with zero attached hydrogens (tertiary/aromatic N) is 2. The molecule has 4 nitrogen and oxygen atoms in total. The fourth-order valence-electron chi connectivity index (χ4n) is 1.95. The molecule has 0 saturated carbocycles. The third-order valence-electron chi connectivity index (χ3n) is 3.14. The summed E-state index contributed by atoms with van der Waals surface area (Å²) in [7, 11) is 0. The molecule has 0 fully saturated rings. The third-order valence-corrected chi connectivity index (χ3v) is 3.14. The lowest BCUT2D eigenvalue weighted by molar-refractivity contribution is 0.0697. The summed E-state index contributed by atoms with van der Waals surface area (Å²) in [5.74, 6) is -1.01. The molecule has 0 saturated heterocycles. The molecule has 1 unspecified atom stereocenters. The second kappa shape index (κ2) is 6.06. The van der Waals surface area contributed by atoms with E-state index in [2.05, 4.69) is 24.8 Å². The Balaban J connectivity index is 3.24. The summed E-state index contributed by atoms with van der Waals surface area (Å²) in [5.41, 5.74) is 1.37. The van der Waals surface area contributed by atoms with E-state index >= 15 is 0 Å². The van der Waals surface area contributed by atoms with Gasteiger partial charge in [-0.1, -0.05) is 6.92 Å². The van der Waals surface area contributed by atoms with Crippen molar-refractivity contribution in [3.05, 3.63) is 29.3 Å². The number of aromatic carboxylic acids is 1. The van der Waals surface area contributed by atoms with Gasteiger partial charge in [0.15, 0.2) is 0 Å². The molecule has 1 rings (SSSR count). The van der Waals surface area contributed by atoms with E-state index in [1.54, 1.807) is 12.1 Å². The fraction of sp³-hybridized carbons (Fsp3) is 0.429. The van der Waals surface area contributed by atoms with Crippen LogP contribution in [0.25, 0.3) is 0 Å². The first-order valence-corrected chi connectivity index (χ1v) is 6.09. The van der Waals surface area contributed by atoms with E-state index in [0.29, 0.717) is 11.6 Å². The van der Waals surface area contributed by atoms with Crippen molar-refractivity contribution < 1.29 is 9.90 Å². The second-order valence-electron chi connectivity index (χ2n) is 4.19. The van der Waals surface area contributed by atoms with Gasteiger partial charge in [0, 0.05) is 12.6 Å². The Labute approximate surface area is 107 Å². The molecule has 0 heterocycles. The van der Waals surface area contributed by atoms with Crippen LogP contribution in [0.3, 0.4) is 0 Å². The van der Waals surface area contributed by atoms with Crippen molar-refractivity contribution in [2.75, 3.05) is 11.4 Å². The van der Waals surface area contributed by atoms with Crippen molar-refractivity contribution in [3.63, 3.8) is 0 Å². The average Bonchev–Trinajstić information content (AvgIpc) is 2.39. The van der Waals surface area contributed by atoms with Gasteiger partial charge < -0.3 is 10.0 Å². The predicted molar refractivity (Wildman–Crippen MR) is 70.9 cm³/mol. The Morgan fingerprint density at radius 3 is 2.61 bits per heavy atom. The van der Waals surface area contributed by atoms with Gasteiger partial charge in [-0.3, -0.25) is 0 Å². The molecule has 0 aliphatic carbocycles. The van der Waals surface area contributed by atoms with Gasteiger partial charge in [-0.05, 0) is 38.5 Å². The minimum atomic E-state index is -1.01. The van der Waals surface area contributed by atoms with Gasteiger partial charge in [-0.15, -0.1) is 0 Å². The summed E-state index contributed by atoms with van der Waals surface area (Å²) in [6, 6.07) is 7.10. The van der Waals surface area contributed by atoms with Gasteiger partial charge >= 0.3 is 5.97 Å². The van der Waals surface area contributed by atoms with E-state index in [0.717, 1.165) is 18.7 Å². The van der Waals surface area contributed by atoms with Crippen LogP contribution < -0.4 is 4.90 Å². The van der Waals surface area contributed by atoms with Crippen LogP contribution in [0.2, 0.25) is 0 Å². The number of benzene rings is 1. The van der Waals surface area contributed by atoms with Crippen molar-refractivity contribution in [1.29, 1.82) is 5.26 Å². The van der Waals surface area contributed by atoms with Crippen LogP contribution in [0.1, 0.15) is 43.1 Å². The second-order valence-corrected chi connectivity index (χ2v) is 4.19. The van der Waals surface area contributed by atoms with Gasteiger partial charge in [-0.25, -0.2) is 4.79 Å². The smallest absolute Gasteiger partial charge is 0.335 e. The van der Waals surface area contributed by atoms with Gasteiger partial charge in [0.1, 0.15) is 6.07 Å². The number of rotatable bonds is 5. The molecule has 96 valence electrons. The highest BCUT2D eigenvalue weighted by atomic mass is 16.4. The monoisotopic (exact) mass is 246 g/mol. The Bertz CT molecular complexity index is 477. The van der Waals surface area contributed by atoms with Crippen molar-refractivity contribution in [2.24, 2.45) is 0 Å². The fourth-order valence-corrected chi connectivity index (χ4v) is 1.95. The average molecular weight is 246 g/mol. The molecule has 0 aliphatic rings. The first-order valence-electron chi connectivity index (χ1n) is 6.09. The first-order chi connectivity index (χ1) is 8.54. The molecule has 0 aromatic heterocycles.